The number of fused-ring (bicyclic) bond motifs is 3. The second-order valence-electron chi connectivity index (χ2n) is 13.1. The number of anilines is 2. The SMILES string of the molecule is CCN1C(=O)/C(=c2\s/c(=C/c3ccc4c(c3)C3CCCC3N4c3ccc(C=C(c4ccccc4)c4ccccc4)cc3)c(=O)n2CC(=O)O)SC1=S. The number of thioether (sulfide) groups is 1. The van der Waals surface area contributed by atoms with Crippen LogP contribution in [0.3, 0.4) is 0 Å². The lowest BCUT2D eigenvalue weighted by molar-refractivity contribution is -0.137. The van der Waals surface area contributed by atoms with Gasteiger partial charge in [0, 0.05) is 29.9 Å². The van der Waals surface area contributed by atoms with E-state index in [0.717, 1.165) is 59.2 Å². The number of hydrogen-bond donors (Lipinski definition) is 1. The maximum absolute atomic E-state index is 13.6. The second-order valence-corrected chi connectivity index (χ2v) is 15.8. The highest BCUT2D eigenvalue weighted by Gasteiger charge is 2.42. The fourth-order valence-corrected chi connectivity index (χ4v) is 10.3. The topological polar surface area (TPSA) is 82.9 Å². The number of carboxylic acids is 1. The van der Waals surface area contributed by atoms with E-state index >= 15 is 0 Å². The first kappa shape index (κ1) is 34.1. The summed E-state index contributed by atoms with van der Waals surface area (Å²) >= 11 is 7.65. The molecule has 52 heavy (non-hydrogen) atoms. The van der Waals surface area contributed by atoms with Gasteiger partial charge in [0.05, 0.1) is 4.53 Å². The first-order valence-corrected chi connectivity index (χ1v) is 19.4. The number of amides is 1. The lowest BCUT2D eigenvalue weighted by atomic mass is 9.95. The Balaban J connectivity index is 1.15. The zero-order valence-corrected chi connectivity index (χ0v) is 30.8. The van der Waals surface area contributed by atoms with E-state index in [4.69, 9.17) is 12.2 Å². The Labute approximate surface area is 314 Å². The standard InChI is InChI=1S/C42H35N3O4S3/c1-2-43-40(49)38(52-42(43)50)41-44(25-37(46)47)39(48)36(51-41)24-27-18-21-35-33(23-27)31-14-9-15-34(31)45(35)30-19-16-26(17-20-30)22-32(28-10-5-3-6-11-28)29-12-7-4-8-13-29/h3-8,10-13,16-24,31,34H,2,9,14-15,25H2,1H3,(H,46,47)/b36-24+,41-38+. The molecule has 8 rings (SSSR count). The molecule has 2 atom stereocenters. The molecule has 0 bridgehead atoms. The molecule has 3 heterocycles. The largest absolute Gasteiger partial charge is 0.480 e. The summed E-state index contributed by atoms with van der Waals surface area (Å²) in [6, 6.07) is 36.5. The Kier molecular flexibility index (Phi) is 9.29. The van der Waals surface area contributed by atoms with Crippen LogP contribution < -0.4 is 19.7 Å². The molecule has 4 aromatic carbocycles. The van der Waals surface area contributed by atoms with E-state index < -0.39 is 18.1 Å². The molecule has 1 aliphatic carbocycles. The third kappa shape index (κ3) is 6.25. The lowest BCUT2D eigenvalue weighted by Crippen LogP contribution is -2.35. The number of carboxylic acid groups (broad SMARTS) is 1. The number of thiazole rings is 1. The van der Waals surface area contributed by atoms with Crippen LogP contribution in [0.1, 0.15) is 59.9 Å². The molecule has 1 amide bonds. The Morgan fingerprint density at radius 3 is 2.21 bits per heavy atom. The van der Waals surface area contributed by atoms with Gasteiger partial charge >= 0.3 is 5.97 Å². The van der Waals surface area contributed by atoms with Crippen molar-refractivity contribution in [3.63, 3.8) is 0 Å². The van der Waals surface area contributed by atoms with Crippen molar-refractivity contribution in [2.45, 2.75) is 44.7 Å². The van der Waals surface area contributed by atoms with Crippen molar-refractivity contribution < 1.29 is 14.7 Å². The number of rotatable bonds is 8. The predicted octanol–water partition coefficient (Wildman–Crippen LogP) is 7.19. The van der Waals surface area contributed by atoms with Gasteiger partial charge in [0.15, 0.2) is 0 Å². The normalized spacial score (nSPS) is 19.3. The first-order valence-electron chi connectivity index (χ1n) is 17.4. The number of carbonyl (C=O) groups is 2. The highest BCUT2D eigenvalue weighted by atomic mass is 32.2. The van der Waals surface area contributed by atoms with Crippen molar-refractivity contribution >= 4 is 85.5 Å². The van der Waals surface area contributed by atoms with Gasteiger partial charge in [0.1, 0.15) is 20.4 Å². The minimum atomic E-state index is -1.15. The third-order valence-electron chi connectivity index (χ3n) is 10.0. The number of aromatic nitrogens is 1. The summed E-state index contributed by atoms with van der Waals surface area (Å²) in [4.78, 5) is 42.8. The van der Waals surface area contributed by atoms with E-state index in [2.05, 4.69) is 95.9 Å². The molecule has 10 heteroatoms. The van der Waals surface area contributed by atoms with Gasteiger partial charge in [-0.3, -0.25) is 23.9 Å². The van der Waals surface area contributed by atoms with E-state index in [1.807, 2.05) is 31.2 Å². The van der Waals surface area contributed by atoms with E-state index in [1.165, 1.54) is 37.4 Å². The third-order valence-corrected chi connectivity index (χ3v) is 12.7. The summed E-state index contributed by atoms with van der Waals surface area (Å²) < 4.78 is 2.29. The molecule has 1 saturated carbocycles. The zero-order valence-electron chi connectivity index (χ0n) is 28.4. The van der Waals surface area contributed by atoms with Crippen molar-refractivity contribution in [2.24, 2.45) is 0 Å². The first-order chi connectivity index (χ1) is 25.3. The number of thiocarbonyl (C=S) groups is 1. The minimum absolute atomic E-state index is 0.297. The van der Waals surface area contributed by atoms with Gasteiger partial charge < -0.3 is 10.0 Å². The molecule has 1 N–H and O–H groups in total. The van der Waals surface area contributed by atoms with E-state index in [1.54, 1.807) is 0 Å². The quantitative estimate of drug-likeness (QED) is 0.133. The molecule has 1 saturated heterocycles. The van der Waals surface area contributed by atoms with Crippen LogP contribution in [0.5, 0.6) is 0 Å². The van der Waals surface area contributed by atoms with Crippen LogP contribution in [0, 0.1) is 0 Å². The maximum atomic E-state index is 13.6. The molecule has 3 aliphatic rings. The number of carbonyl (C=O) groups excluding carboxylic acids is 1. The molecular weight excluding hydrogens is 707 g/mol. The van der Waals surface area contributed by atoms with Crippen molar-refractivity contribution in [2.75, 3.05) is 11.4 Å². The average Bonchev–Trinajstić information content (AvgIpc) is 3.90. The monoisotopic (exact) mass is 741 g/mol. The Hall–Kier alpha value is -5.03. The molecule has 5 aromatic rings. The number of aliphatic carboxylic acids is 1. The fraction of sp³-hybridized carbons (Fsp3) is 0.190. The van der Waals surface area contributed by atoms with Gasteiger partial charge in [-0.2, -0.15) is 0 Å². The summed E-state index contributed by atoms with van der Waals surface area (Å²) in [7, 11) is 0. The maximum Gasteiger partial charge on any atom is 0.323 e. The van der Waals surface area contributed by atoms with Gasteiger partial charge in [-0.15, -0.1) is 11.3 Å². The Morgan fingerprint density at radius 2 is 1.58 bits per heavy atom. The van der Waals surface area contributed by atoms with Gasteiger partial charge in [-0.05, 0) is 89.6 Å². The van der Waals surface area contributed by atoms with Gasteiger partial charge in [0.25, 0.3) is 11.5 Å². The molecule has 2 aliphatic heterocycles. The van der Waals surface area contributed by atoms with Crippen molar-refractivity contribution in [1.82, 2.24) is 9.47 Å². The van der Waals surface area contributed by atoms with Crippen molar-refractivity contribution in [3.8, 4) is 0 Å². The molecule has 0 spiro atoms. The van der Waals surface area contributed by atoms with E-state index in [9.17, 15) is 19.5 Å². The van der Waals surface area contributed by atoms with Crippen LogP contribution >= 0.6 is 35.3 Å². The molecule has 7 nitrogen and oxygen atoms in total. The minimum Gasteiger partial charge on any atom is -0.480 e. The van der Waals surface area contributed by atoms with E-state index in [-0.39, 0.29) is 5.91 Å². The van der Waals surface area contributed by atoms with Gasteiger partial charge in [-0.25, -0.2) is 0 Å². The average molecular weight is 742 g/mol. The smallest absolute Gasteiger partial charge is 0.323 e. The second kappa shape index (κ2) is 14.2. The lowest BCUT2D eigenvalue weighted by Gasteiger charge is -2.27. The van der Waals surface area contributed by atoms with Crippen LogP contribution in [-0.4, -0.2) is 43.4 Å². The molecule has 260 valence electrons. The van der Waals surface area contributed by atoms with E-state index in [0.29, 0.717) is 36.9 Å². The van der Waals surface area contributed by atoms with Crippen LogP contribution in [0.4, 0.5) is 11.4 Å². The van der Waals surface area contributed by atoms with Crippen LogP contribution in [0.15, 0.2) is 108 Å². The summed E-state index contributed by atoms with van der Waals surface area (Å²) in [6.07, 6.45) is 7.41. The fourth-order valence-electron chi connectivity index (χ4n) is 7.69. The highest BCUT2D eigenvalue weighted by molar-refractivity contribution is 8.30. The van der Waals surface area contributed by atoms with Crippen LogP contribution in [0.2, 0.25) is 0 Å². The number of hydrogen-bond acceptors (Lipinski definition) is 7. The summed E-state index contributed by atoms with van der Waals surface area (Å²) in [5.74, 6) is -1.08. The van der Waals surface area contributed by atoms with Crippen LogP contribution in [-0.2, 0) is 16.1 Å². The molecule has 2 unspecified atom stereocenters. The van der Waals surface area contributed by atoms with Gasteiger partial charge in [0.2, 0.25) is 0 Å². The summed E-state index contributed by atoms with van der Waals surface area (Å²) in [6.45, 7) is 1.70. The van der Waals surface area contributed by atoms with Crippen LogP contribution in [0.25, 0.3) is 22.6 Å². The van der Waals surface area contributed by atoms with Crippen molar-refractivity contribution in [1.29, 1.82) is 0 Å². The summed E-state index contributed by atoms with van der Waals surface area (Å²) in [5, 5.41) is 9.62. The van der Waals surface area contributed by atoms with Crippen molar-refractivity contribution in [3.05, 3.63) is 150 Å². The Bertz CT molecular complexity index is 2390. The molecule has 0 radical (unpaired) electrons. The molecule has 2 fully saturated rings. The molecule has 1 aromatic heterocycles. The Morgan fingerprint density at radius 1 is 0.904 bits per heavy atom. The highest BCUT2D eigenvalue weighted by Crippen LogP contribution is 2.52. The number of nitrogens with zero attached hydrogens (tertiary/aromatic N) is 3. The van der Waals surface area contributed by atoms with Gasteiger partial charge in [-0.1, -0.05) is 109 Å². The number of benzene rings is 4. The predicted molar refractivity (Wildman–Crippen MR) is 215 cm³/mol. The molecular formula is C42H35N3O4S3. The zero-order chi connectivity index (χ0) is 35.9. The summed E-state index contributed by atoms with van der Waals surface area (Å²) in [5.41, 5.74) is 8.67.